The maximum Gasteiger partial charge on any atom is 0.276 e. The van der Waals surface area contributed by atoms with Gasteiger partial charge in [0.25, 0.3) is 5.56 Å². The molecular weight excluding hydrogens is 380 g/mol. The van der Waals surface area contributed by atoms with E-state index in [-0.39, 0.29) is 17.5 Å². The van der Waals surface area contributed by atoms with Crippen molar-refractivity contribution in [3.8, 4) is 11.1 Å². The fraction of sp³-hybridized carbons (Fsp3) is 0.130. The van der Waals surface area contributed by atoms with Crippen molar-refractivity contribution < 1.29 is 0 Å². The first-order valence-electron chi connectivity index (χ1n) is 9.55. The summed E-state index contributed by atoms with van der Waals surface area (Å²) in [6.45, 7) is 0. The number of pyridine rings is 2. The molecule has 1 aliphatic rings. The van der Waals surface area contributed by atoms with Gasteiger partial charge in [0.15, 0.2) is 0 Å². The van der Waals surface area contributed by atoms with Gasteiger partial charge in [-0.15, -0.1) is 11.3 Å². The Labute approximate surface area is 170 Å². The van der Waals surface area contributed by atoms with Crippen LogP contribution >= 0.6 is 11.3 Å². The molecule has 0 amide bonds. The Balaban J connectivity index is 1.41. The molecule has 0 saturated heterocycles. The number of hydrogen-bond donors (Lipinski definition) is 0. The Morgan fingerprint density at radius 3 is 2.79 bits per heavy atom. The summed E-state index contributed by atoms with van der Waals surface area (Å²) in [6.07, 6.45) is 6.20. The number of aromatic nitrogens is 4. The van der Waals surface area contributed by atoms with Crippen LogP contribution in [0.2, 0.25) is 0 Å². The summed E-state index contributed by atoms with van der Waals surface area (Å²) in [7, 11) is 0. The SMILES string of the molecule is O=c1c2c(-c3ccncc3)csc2cnn1[C@@H]1C[C@H]1c1ccc2ccccc2n1. The van der Waals surface area contributed by atoms with Gasteiger partial charge in [-0.2, -0.15) is 5.10 Å². The molecule has 2 atom stereocenters. The Kier molecular flexibility index (Phi) is 3.61. The molecule has 4 aromatic heterocycles. The van der Waals surface area contributed by atoms with Gasteiger partial charge in [-0.1, -0.05) is 24.3 Å². The second-order valence-electron chi connectivity index (χ2n) is 7.36. The van der Waals surface area contributed by atoms with Crippen LogP contribution in [0.4, 0.5) is 0 Å². The van der Waals surface area contributed by atoms with Crippen LogP contribution in [0.1, 0.15) is 24.1 Å². The predicted molar refractivity (Wildman–Crippen MR) is 115 cm³/mol. The Hall–Kier alpha value is -3.38. The number of thiophene rings is 1. The minimum Gasteiger partial charge on any atom is -0.267 e. The minimum absolute atomic E-state index is 0.0242. The van der Waals surface area contributed by atoms with E-state index in [0.29, 0.717) is 0 Å². The molecule has 4 heterocycles. The zero-order valence-electron chi connectivity index (χ0n) is 15.4. The number of fused-ring (bicyclic) bond motifs is 2. The van der Waals surface area contributed by atoms with Crippen molar-refractivity contribution in [2.24, 2.45) is 0 Å². The molecule has 6 rings (SSSR count). The zero-order chi connectivity index (χ0) is 19.4. The van der Waals surface area contributed by atoms with E-state index in [1.165, 1.54) is 0 Å². The number of rotatable bonds is 3. The fourth-order valence-corrected chi connectivity index (χ4v) is 4.93. The van der Waals surface area contributed by atoms with Crippen molar-refractivity contribution in [2.75, 3.05) is 0 Å². The second-order valence-corrected chi connectivity index (χ2v) is 8.27. The first kappa shape index (κ1) is 16.6. The maximum atomic E-state index is 13.3. The quantitative estimate of drug-likeness (QED) is 0.440. The normalized spacial score (nSPS) is 18.3. The van der Waals surface area contributed by atoms with E-state index in [4.69, 9.17) is 4.98 Å². The molecule has 1 aliphatic carbocycles. The standard InChI is InChI=1S/C23H16N4OS/c28-23-22-17(14-7-9-24-10-8-14)13-29-21(22)12-25-27(23)20-11-16(20)19-6-5-15-3-1-2-4-18(15)26-19/h1-10,12-13,16,20H,11H2/t16-,20+/m0/s1. The zero-order valence-corrected chi connectivity index (χ0v) is 16.2. The van der Waals surface area contributed by atoms with Gasteiger partial charge >= 0.3 is 0 Å². The molecule has 6 heteroatoms. The minimum atomic E-state index is -0.0242. The summed E-state index contributed by atoms with van der Waals surface area (Å²) in [5.41, 5.74) is 3.95. The van der Waals surface area contributed by atoms with Gasteiger partial charge in [-0.25, -0.2) is 4.68 Å². The molecule has 0 aliphatic heterocycles. The molecule has 5 aromatic rings. The third-order valence-electron chi connectivity index (χ3n) is 5.60. The molecule has 0 radical (unpaired) electrons. The molecule has 0 N–H and O–H groups in total. The summed E-state index contributed by atoms with van der Waals surface area (Å²) in [6, 6.07) is 16.2. The van der Waals surface area contributed by atoms with E-state index in [2.05, 4.69) is 28.3 Å². The summed E-state index contributed by atoms with van der Waals surface area (Å²) in [5.74, 6) is 0.227. The topological polar surface area (TPSA) is 60.7 Å². The maximum absolute atomic E-state index is 13.3. The Morgan fingerprint density at radius 1 is 1.03 bits per heavy atom. The summed E-state index contributed by atoms with van der Waals surface area (Å²) in [4.78, 5) is 22.2. The Morgan fingerprint density at radius 2 is 1.90 bits per heavy atom. The van der Waals surface area contributed by atoms with Crippen molar-refractivity contribution >= 4 is 32.3 Å². The van der Waals surface area contributed by atoms with Gasteiger partial charge in [-0.3, -0.25) is 14.8 Å². The van der Waals surface area contributed by atoms with Gasteiger partial charge in [0.2, 0.25) is 0 Å². The van der Waals surface area contributed by atoms with Crippen molar-refractivity contribution in [3.63, 3.8) is 0 Å². The molecule has 1 aromatic carbocycles. The monoisotopic (exact) mass is 396 g/mol. The van der Waals surface area contributed by atoms with Crippen molar-refractivity contribution in [2.45, 2.75) is 18.4 Å². The molecular formula is C23H16N4OS. The highest BCUT2D eigenvalue weighted by Gasteiger charge is 2.43. The highest BCUT2D eigenvalue weighted by molar-refractivity contribution is 7.17. The molecule has 5 nitrogen and oxygen atoms in total. The lowest BCUT2D eigenvalue weighted by molar-refractivity contribution is 0.590. The van der Waals surface area contributed by atoms with Gasteiger partial charge in [-0.05, 0) is 36.2 Å². The van der Waals surface area contributed by atoms with Gasteiger partial charge in [0, 0.05) is 40.3 Å². The van der Waals surface area contributed by atoms with Crippen molar-refractivity contribution in [1.82, 2.24) is 19.7 Å². The van der Waals surface area contributed by atoms with E-state index in [1.54, 1.807) is 28.4 Å². The van der Waals surface area contributed by atoms with E-state index < -0.39 is 0 Å². The van der Waals surface area contributed by atoms with Gasteiger partial charge < -0.3 is 0 Å². The molecule has 1 saturated carbocycles. The van der Waals surface area contributed by atoms with Crippen LogP contribution in [-0.2, 0) is 0 Å². The lowest BCUT2D eigenvalue weighted by Crippen LogP contribution is -2.22. The van der Waals surface area contributed by atoms with E-state index >= 15 is 0 Å². The van der Waals surface area contributed by atoms with Crippen LogP contribution in [0, 0.1) is 0 Å². The molecule has 140 valence electrons. The average molecular weight is 396 g/mol. The van der Waals surface area contributed by atoms with Crippen LogP contribution in [-0.4, -0.2) is 19.7 Å². The van der Waals surface area contributed by atoms with Gasteiger partial charge in [0.05, 0.1) is 27.8 Å². The average Bonchev–Trinajstić information content (AvgIpc) is 3.44. The smallest absolute Gasteiger partial charge is 0.267 e. The van der Waals surface area contributed by atoms with Gasteiger partial charge in [0.1, 0.15) is 0 Å². The molecule has 29 heavy (non-hydrogen) atoms. The summed E-state index contributed by atoms with van der Waals surface area (Å²) < 4.78 is 2.57. The highest BCUT2D eigenvalue weighted by atomic mass is 32.1. The molecule has 1 fully saturated rings. The Bertz CT molecular complexity index is 1420. The van der Waals surface area contributed by atoms with Crippen LogP contribution < -0.4 is 5.56 Å². The van der Waals surface area contributed by atoms with Crippen molar-refractivity contribution in [1.29, 1.82) is 0 Å². The second kappa shape index (κ2) is 6.32. The summed E-state index contributed by atoms with van der Waals surface area (Å²) >= 11 is 1.55. The van der Waals surface area contributed by atoms with E-state index in [9.17, 15) is 4.79 Å². The van der Waals surface area contributed by atoms with E-state index in [1.807, 2.05) is 41.9 Å². The molecule has 0 unspecified atom stereocenters. The first-order chi connectivity index (χ1) is 14.3. The third-order valence-corrected chi connectivity index (χ3v) is 6.52. The number of hydrogen-bond acceptors (Lipinski definition) is 5. The predicted octanol–water partition coefficient (Wildman–Crippen LogP) is 4.80. The first-order valence-corrected chi connectivity index (χ1v) is 10.4. The largest absolute Gasteiger partial charge is 0.276 e. The fourth-order valence-electron chi connectivity index (χ4n) is 4.01. The van der Waals surface area contributed by atoms with Crippen LogP contribution in [0.25, 0.3) is 32.1 Å². The lowest BCUT2D eigenvalue weighted by Gasteiger charge is -2.06. The lowest BCUT2D eigenvalue weighted by atomic mass is 10.1. The number of para-hydroxylation sites is 1. The molecule has 0 spiro atoms. The molecule has 0 bridgehead atoms. The highest BCUT2D eigenvalue weighted by Crippen LogP contribution is 2.50. The van der Waals surface area contributed by atoms with E-state index in [0.717, 1.165) is 44.2 Å². The van der Waals surface area contributed by atoms with Crippen LogP contribution in [0.5, 0.6) is 0 Å². The van der Waals surface area contributed by atoms with Crippen molar-refractivity contribution in [3.05, 3.63) is 88.5 Å². The number of nitrogens with zero attached hydrogens (tertiary/aromatic N) is 4. The summed E-state index contributed by atoms with van der Waals surface area (Å²) in [5, 5.41) is 8.39. The van der Waals surface area contributed by atoms with Crippen LogP contribution in [0.15, 0.2) is 77.3 Å². The third kappa shape index (κ3) is 2.68. The van der Waals surface area contributed by atoms with Crippen LogP contribution in [0.3, 0.4) is 0 Å². The number of benzene rings is 1.